The molecule has 25 heavy (non-hydrogen) atoms. The quantitative estimate of drug-likeness (QED) is 0.849. The number of rotatable bonds is 6. The van der Waals surface area contributed by atoms with E-state index in [0.717, 1.165) is 70.9 Å². The van der Waals surface area contributed by atoms with E-state index in [1.165, 1.54) is 6.42 Å². The van der Waals surface area contributed by atoms with Crippen molar-refractivity contribution >= 4 is 6.03 Å². The molecule has 0 aromatic carbocycles. The van der Waals surface area contributed by atoms with Crippen LogP contribution in [0.25, 0.3) is 0 Å². The summed E-state index contributed by atoms with van der Waals surface area (Å²) in [6, 6.07) is 0.420. The van der Waals surface area contributed by atoms with E-state index in [0.29, 0.717) is 12.6 Å². The summed E-state index contributed by atoms with van der Waals surface area (Å²) in [6.07, 6.45) is 8.14. The molecular formula is C18H31N5O2. The maximum atomic E-state index is 12.7. The molecule has 1 aromatic rings. The van der Waals surface area contributed by atoms with E-state index >= 15 is 0 Å². The number of amides is 2. The van der Waals surface area contributed by atoms with Gasteiger partial charge in [-0.15, -0.1) is 0 Å². The Morgan fingerprint density at radius 3 is 2.96 bits per heavy atom. The van der Waals surface area contributed by atoms with Crippen molar-refractivity contribution in [1.82, 2.24) is 24.7 Å². The van der Waals surface area contributed by atoms with Gasteiger partial charge in [0.1, 0.15) is 0 Å². The first-order valence-corrected chi connectivity index (χ1v) is 9.61. The third-order valence-electron chi connectivity index (χ3n) is 5.33. The van der Waals surface area contributed by atoms with Gasteiger partial charge < -0.3 is 19.5 Å². The Morgan fingerprint density at radius 2 is 2.16 bits per heavy atom. The molecule has 2 amide bonds. The number of aryl methyl sites for hydroxylation is 1. The second kappa shape index (κ2) is 9.20. The zero-order valence-electron chi connectivity index (χ0n) is 15.3. The fourth-order valence-corrected chi connectivity index (χ4v) is 3.77. The molecule has 0 aliphatic carbocycles. The maximum Gasteiger partial charge on any atom is 0.317 e. The van der Waals surface area contributed by atoms with Gasteiger partial charge in [0, 0.05) is 45.0 Å². The minimum atomic E-state index is 0.0653. The normalized spacial score (nSPS) is 22.1. The van der Waals surface area contributed by atoms with Gasteiger partial charge in [-0.1, -0.05) is 0 Å². The highest BCUT2D eigenvalue weighted by atomic mass is 16.5. The minimum absolute atomic E-state index is 0.0653. The minimum Gasteiger partial charge on any atom is -0.379 e. The van der Waals surface area contributed by atoms with Crippen LogP contribution in [0.5, 0.6) is 0 Å². The van der Waals surface area contributed by atoms with E-state index in [2.05, 4.69) is 31.6 Å². The molecule has 3 heterocycles. The lowest BCUT2D eigenvalue weighted by atomic mass is 9.99. The summed E-state index contributed by atoms with van der Waals surface area (Å²) in [5.74, 6) is 0. The monoisotopic (exact) mass is 349 g/mol. The van der Waals surface area contributed by atoms with Gasteiger partial charge in [-0.25, -0.2) is 9.78 Å². The van der Waals surface area contributed by atoms with Gasteiger partial charge in [-0.05, 0) is 32.6 Å². The molecule has 2 aliphatic rings. The fourth-order valence-electron chi connectivity index (χ4n) is 3.77. The van der Waals surface area contributed by atoms with E-state index in [4.69, 9.17) is 4.74 Å². The number of aromatic nitrogens is 2. The number of ether oxygens (including phenoxy) is 1. The first-order chi connectivity index (χ1) is 12.3. The molecule has 140 valence electrons. The predicted octanol–water partition coefficient (Wildman–Crippen LogP) is 1.69. The van der Waals surface area contributed by atoms with Gasteiger partial charge >= 0.3 is 6.03 Å². The van der Waals surface area contributed by atoms with Gasteiger partial charge in [0.2, 0.25) is 0 Å². The van der Waals surface area contributed by atoms with Crippen molar-refractivity contribution in [2.75, 3.05) is 39.4 Å². The Bertz CT molecular complexity index is 541. The number of imidazole rings is 1. The maximum absolute atomic E-state index is 12.7. The molecule has 7 heteroatoms. The van der Waals surface area contributed by atoms with E-state index in [-0.39, 0.29) is 6.03 Å². The Labute approximate surface area is 150 Å². The highest BCUT2D eigenvalue weighted by Gasteiger charge is 2.27. The van der Waals surface area contributed by atoms with Crippen LogP contribution in [0.3, 0.4) is 0 Å². The summed E-state index contributed by atoms with van der Waals surface area (Å²) in [6.45, 7) is 9.11. The van der Waals surface area contributed by atoms with Crippen molar-refractivity contribution < 1.29 is 9.53 Å². The summed E-state index contributed by atoms with van der Waals surface area (Å²) in [4.78, 5) is 21.4. The second-order valence-electron chi connectivity index (χ2n) is 6.92. The summed E-state index contributed by atoms with van der Waals surface area (Å²) < 4.78 is 7.48. The highest BCUT2D eigenvalue weighted by molar-refractivity contribution is 5.74. The van der Waals surface area contributed by atoms with Crippen LogP contribution < -0.4 is 5.32 Å². The third-order valence-corrected chi connectivity index (χ3v) is 5.33. The van der Waals surface area contributed by atoms with Crippen LogP contribution in [-0.4, -0.2) is 70.8 Å². The van der Waals surface area contributed by atoms with Gasteiger partial charge in [0.25, 0.3) is 0 Å². The molecule has 0 saturated carbocycles. The summed E-state index contributed by atoms with van der Waals surface area (Å²) in [5, 5.41) is 3.09. The van der Waals surface area contributed by atoms with Gasteiger partial charge in [-0.3, -0.25) is 4.90 Å². The molecule has 1 N–H and O–H groups in total. The Hall–Kier alpha value is -1.60. The lowest BCUT2D eigenvalue weighted by molar-refractivity contribution is 0.0326. The molecule has 3 rings (SSSR count). The van der Waals surface area contributed by atoms with Crippen LogP contribution >= 0.6 is 0 Å². The van der Waals surface area contributed by atoms with Crippen molar-refractivity contribution in [3.63, 3.8) is 0 Å². The molecule has 0 spiro atoms. The molecule has 2 fully saturated rings. The first-order valence-electron chi connectivity index (χ1n) is 9.61. The molecule has 7 nitrogen and oxygen atoms in total. The zero-order valence-corrected chi connectivity index (χ0v) is 15.3. The average Bonchev–Trinajstić information content (AvgIpc) is 3.13. The van der Waals surface area contributed by atoms with Crippen molar-refractivity contribution in [2.45, 2.75) is 51.7 Å². The number of nitrogens with one attached hydrogen (secondary N) is 1. The van der Waals surface area contributed by atoms with E-state index in [9.17, 15) is 4.79 Å². The van der Waals surface area contributed by atoms with Crippen molar-refractivity contribution in [3.05, 3.63) is 18.2 Å². The summed E-state index contributed by atoms with van der Waals surface area (Å²) in [5.41, 5.74) is 1.05. The van der Waals surface area contributed by atoms with Gasteiger partial charge in [0.15, 0.2) is 0 Å². The van der Waals surface area contributed by atoms with Crippen molar-refractivity contribution in [1.29, 1.82) is 0 Å². The molecule has 0 bridgehead atoms. The van der Waals surface area contributed by atoms with Crippen LogP contribution in [0, 0.1) is 0 Å². The summed E-state index contributed by atoms with van der Waals surface area (Å²) in [7, 11) is 0. The number of urea groups is 1. The molecule has 0 unspecified atom stereocenters. The lowest BCUT2D eigenvalue weighted by Crippen LogP contribution is -2.50. The number of piperidine rings is 1. The molecule has 1 atom stereocenters. The Morgan fingerprint density at radius 1 is 1.32 bits per heavy atom. The number of likely N-dealkylation sites (tertiary alicyclic amines) is 1. The number of hydrogen-bond donors (Lipinski definition) is 1. The molecule has 0 radical (unpaired) electrons. The zero-order chi connectivity index (χ0) is 17.5. The fraction of sp³-hybridized carbons (Fsp3) is 0.778. The number of hydrogen-bond acceptors (Lipinski definition) is 4. The number of morpholine rings is 1. The van der Waals surface area contributed by atoms with E-state index in [1.807, 2.05) is 12.5 Å². The number of nitrogens with zero attached hydrogens (tertiary/aromatic N) is 4. The van der Waals surface area contributed by atoms with E-state index in [1.54, 1.807) is 0 Å². The topological polar surface area (TPSA) is 62.6 Å². The number of carbonyl (C=O) groups excluding carboxylic acids is 1. The lowest BCUT2D eigenvalue weighted by Gasteiger charge is -2.37. The Balaban J connectivity index is 1.49. The molecular weight excluding hydrogens is 318 g/mol. The summed E-state index contributed by atoms with van der Waals surface area (Å²) >= 11 is 0. The molecule has 2 aliphatic heterocycles. The standard InChI is InChI=1S/C18H31N5O2/c1-2-22-15-19-13-17(22)14-20-18(24)23-7-4-3-5-16(23)6-8-21-9-11-25-12-10-21/h13,15-16H,2-12,14H2,1H3,(H,20,24)/t16-/m0/s1. The van der Waals surface area contributed by atoms with Gasteiger partial charge in [-0.2, -0.15) is 0 Å². The van der Waals surface area contributed by atoms with Crippen molar-refractivity contribution in [2.24, 2.45) is 0 Å². The van der Waals surface area contributed by atoms with Crippen molar-refractivity contribution in [3.8, 4) is 0 Å². The SMILES string of the molecule is CCn1cncc1CNC(=O)N1CCCC[C@H]1CCN1CCOCC1. The van der Waals surface area contributed by atoms with Gasteiger partial charge in [0.05, 0.1) is 31.8 Å². The smallest absolute Gasteiger partial charge is 0.317 e. The average molecular weight is 349 g/mol. The Kier molecular flexibility index (Phi) is 6.69. The third kappa shape index (κ3) is 4.95. The molecule has 1 aromatic heterocycles. The highest BCUT2D eigenvalue weighted by Crippen LogP contribution is 2.20. The molecule has 2 saturated heterocycles. The van der Waals surface area contributed by atoms with Crippen LogP contribution in [0.1, 0.15) is 38.3 Å². The first kappa shape index (κ1) is 18.2. The predicted molar refractivity (Wildman–Crippen MR) is 96.4 cm³/mol. The number of carbonyl (C=O) groups is 1. The van der Waals surface area contributed by atoms with Crippen LogP contribution in [0.15, 0.2) is 12.5 Å². The largest absolute Gasteiger partial charge is 0.379 e. The van der Waals surface area contributed by atoms with Crippen LogP contribution in [0.4, 0.5) is 4.79 Å². The van der Waals surface area contributed by atoms with E-state index < -0.39 is 0 Å². The van der Waals surface area contributed by atoms with Crippen LogP contribution in [-0.2, 0) is 17.8 Å². The van der Waals surface area contributed by atoms with Crippen LogP contribution in [0.2, 0.25) is 0 Å². The second-order valence-corrected chi connectivity index (χ2v) is 6.92.